The van der Waals surface area contributed by atoms with Gasteiger partial charge in [0.15, 0.2) is 5.16 Å². The highest BCUT2D eigenvalue weighted by molar-refractivity contribution is 7.98. The van der Waals surface area contributed by atoms with Crippen molar-refractivity contribution < 1.29 is 4.39 Å². The van der Waals surface area contributed by atoms with Gasteiger partial charge in [-0.3, -0.25) is 9.36 Å². The molecule has 0 saturated heterocycles. The van der Waals surface area contributed by atoms with Crippen LogP contribution in [0.2, 0.25) is 0 Å². The Morgan fingerprint density at radius 3 is 2.62 bits per heavy atom. The van der Waals surface area contributed by atoms with E-state index in [2.05, 4.69) is 0 Å². The van der Waals surface area contributed by atoms with E-state index < -0.39 is 0 Å². The summed E-state index contributed by atoms with van der Waals surface area (Å²) in [4.78, 5) is 18.8. The number of fused-ring (bicyclic) bond motifs is 1. The summed E-state index contributed by atoms with van der Waals surface area (Å²) in [7, 11) is 0. The Morgan fingerprint density at radius 1 is 1.04 bits per heavy atom. The largest absolute Gasteiger partial charge is 0.282 e. The van der Waals surface area contributed by atoms with Gasteiger partial charge < -0.3 is 0 Å². The number of benzene rings is 2. The molecule has 0 saturated carbocycles. The first-order valence-electron chi connectivity index (χ1n) is 8.10. The number of halogens is 1. The standard InChI is InChI=1S/C20H15FN2OS2/c21-15-9-7-14(8-10-15)13-26-20-22-18-6-2-1-5-17(18)19(24)23(20)12-16-4-3-11-25-16/h1-11H,12-13H2. The highest BCUT2D eigenvalue weighted by Gasteiger charge is 2.12. The van der Waals surface area contributed by atoms with Gasteiger partial charge in [0, 0.05) is 10.6 Å². The number of thiophene rings is 1. The number of para-hydroxylation sites is 1. The third-order valence-electron chi connectivity index (χ3n) is 4.00. The highest BCUT2D eigenvalue weighted by atomic mass is 32.2. The van der Waals surface area contributed by atoms with Crippen LogP contribution in [0, 0.1) is 5.82 Å². The van der Waals surface area contributed by atoms with Gasteiger partial charge in [0.1, 0.15) is 5.82 Å². The van der Waals surface area contributed by atoms with Crippen LogP contribution in [0.25, 0.3) is 10.9 Å². The first-order valence-corrected chi connectivity index (χ1v) is 9.96. The van der Waals surface area contributed by atoms with Crippen molar-refractivity contribution in [2.45, 2.75) is 17.5 Å². The summed E-state index contributed by atoms with van der Waals surface area (Å²) in [5.41, 5.74) is 1.65. The Balaban J connectivity index is 1.73. The first kappa shape index (κ1) is 17.0. The van der Waals surface area contributed by atoms with Crippen LogP contribution in [-0.4, -0.2) is 9.55 Å². The number of thioether (sulfide) groups is 1. The summed E-state index contributed by atoms with van der Waals surface area (Å²) in [5.74, 6) is 0.368. The van der Waals surface area contributed by atoms with Gasteiger partial charge in [0.2, 0.25) is 0 Å². The summed E-state index contributed by atoms with van der Waals surface area (Å²) >= 11 is 3.11. The summed E-state index contributed by atoms with van der Waals surface area (Å²) in [5, 5.41) is 3.29. The number of nitrogens with zero attached hydrogens (tertiary/aromatic N) is 2. The minimum atomic E-state index is -0.253. The van der Waals surface area contributed by atoms with Crippen molar-refractivity contribution >= 4 is 34.0 Å². The predicted octanol–water partition coefficient (Wildman–Crippen LogP) is 4.94. The summed E-state index contributed by atoms with van der Waals surface area (Å²) < 4.78 is 14.8. The molecule has 130 valence electrons. The maximum Gasteiger partial charge on any atom is 0.262 e. The van der Waals surface area contributed by atoms with Gasteiger partial charge in [-0.15, -0.1) is 11.3 Å². The lowest BCUT2D eigenvalue weighted by atomic mass is 10.2. The van der Waals surface area contributed by atoms with Crippen molar-refractivity contribution in [3.63, 3.8) is 0 Å². The monoisotopic (exact) mass is 382 g/mol. The fourth-order valence-electron chi connectivity index (χ4n) is 2.68. The van der Waals surface area contributed by atoms with E-state index in [1.165, 1.54) is 23.9 Å². The lowest BCUT2D eigenvalue weighted by Gasteiger charge is -2.12. The number of hydrogen-bond acceptors (Lipinski definition) is 4. The van der Waals surface area contributed by atoms with Gasteiger partial charge >= 0.3 is 0 Å². The predicted molar refractivity (Wildman–Crippen MR) is 105 cm³/mol. The molecule has 0 aliphatic carbocycles. The van der Waals surface area contributed by atoms with Crippen molar-refractivity contribution in [1.29, 1.82) is 0 Å². The van der Waals surface area contributed by atoms with E-state index >= 15 is 0 Å². The molecule has 0 N–H and O–H groups in total. The van der Waals surface area contributed by atoms with E-state index in [-0.39, 0.29) is 11.4 Å². The molecule has 2 aromatic carbocycles. The van der Waals surface area contributed by atoms with Crippen LogP contribution in [-0.2, 0) is 12.3 Å². The summed E-state index contributed by atoms with van der Waals surface area (Å²) in [6, 6.07) is 17.8. The van der Waals surface area contributed by atoms with Crippen LogP contribution in [0.4, 0.5) is 4.39 Å². The average Bonchev–Trinajstić information content (AvgIpc) is 3.17. The maximum absolute atomic E-state index is 13.1. The molecule has 3 nitrogen and oxygen atoms in total. The fraction of sp³-hybridized carbons (Fsp3) is 0.100. The lowest BCUT2D eigenvalue weighted by Crippen LogP contribution is -2.23. The van der Waals surface area contributed by atoms with Crippen LogP contribution in [0.1, 0.15) is 10.4 Å². The quantitative estimate of drug-likeness (QED) is 0.362. The van der Waals surface area contributed by atoms with Gasteiger partial charge in [0.25, 0.3) is 5.56 Å². The molecule has 4 rings (SSSR count). The second-order valence-electron chi connectivity index (χ2n) is 5.80. The molecule has 0 radical (unpaired) electrons. The molecule has 0 amide bonds. The third-order valence-corrected chi connectivity index (χ3v) is 5.91. The molecule has 0 unspecified atom stereocenters. The van der Waals surface area contributed by atoms with E-state index in [1.54, 1.807) is 28.0 Å². The van der Waals surface area contributed by atoms with E-state index in [9.17, 15) is 9.18 Å². The third kappa shape index (κ3) is 3.57. The zero-order valence-electron chi connectivity index (χ0n) is 13.8. The van der Waals surface area contributed by atoms with Crippen molar-refractivity contribution in [3.05, 3.63) is 92.7 Å². The van der Waals surface area contributed by atoms with Crippen molar-refractivity contribution in [1.82, 2.24) is 9.55 Å². The molecule has 0 bridgehead atoms. The molecule has 2 aromatic heterocycles. The molecular formula is C20H15FN2OS2. The number of aromatic nitrogens is 2. The molecular weight excluding hydrogens is 367 g/mol. The molecule has 0 aliphatic heterocycles. The number of rotatable bonds is 5. The summed E-state index contributed by atoms with van der Waals surface area (Å²) in [6.45, 7) is 0.500. The van der Waals surface area contributed by atoms with Crippen LogP contribution in [0.3, 0.4) is 0 Å². The van der Waals surface area contributed by atoms with Gasteiger partial charge in [0.05, 0.1) is 17.4 Å². The van der Waals surface area contributed by atoms with Gasteiger partial charge in [-0.1, -0.05) is 42.1 Å². The zero-order valence-corrected chi connectivity index (χ0v) is 15.4. The van der Waals surface area contributed by atoms with Gasteiger partial charge in [-0.05, 0) is 41.3 Å². The average molecular weight is 382 g/mol. The molecule has 2 heterocycles. The molecule has 4 aromatic rings. The van der Waals surface area contributed by atoms with Crippen LogP contribution < -0.4 is 5.56 Å². The normalized spacial score (nSPS) is 11.1. The van der Waals surface area contributed by atoms with Crippen LogP contribution >= 0.6 is 23.1 Å². The number of hydrogen-bond donors (Lipinski definition) is 0. The van der Waals surface area contributed by atoms with Crippen molar-refractivity contribution in [2.75, 3.05) is 0 Å². The fourth-order valence-corrected chi connectivity index (χ4v) is 4.33. The van der Waals surface area contributed by atoms with E-state index in [0.29, 0.717) is 28.4 Å². The van der Waals surface area contributed by atoms with Crippen molar-refractivity contribution in [3.8, 4) is 0 Å². The molecule has 0 atom stereocenters. The smallest absolute Gasteiger partial charge is 0.262 e. The zero-order chi connectivity index (χ0) is 17.9. The van der Waals surface area contributed by atoms with Crippen LogP contribution in [0.15, 0.2) is 76.0 Å². The Morgan fingerprint density at radius 2 is 1.85 bits per heavy atom. The van der Waals surface area contributed by atoms with Crippen LogP contribution in [0.5, 0.6) is 0 Å². The Hall–Kier alpha value is -2.44. The molecule has 0 fully saturated rings. The second kappa shape index (κ2) is 7.43. The molecule has 6 heteroatoms. The van der Waals surface area contributed by atoms with Gasteiger partial charge in [-0.25, -0.2) is 9.37 Å². The first-order chi connectivity index (χ1) is 12.7. The second-order valence-corrected chi connectivity index (χ2v) is 7.77. The summed E-state index contributed by atoms with van der Waals surface area (Å²) in [6.07, 6.45) is 0. The Kier molecular flexibility index (Phi) is 4.86. The van der Waals surface area contributed by atoms with Crippen molar-refractivity contribution in [2.24, 2.45) is 0 Å². The Labute approximate surface area is 158 Å². The van der Waals surface area contributed by atoms with E-state index in [0.717, 1.165) is 10.4 Å². The lowest BCUT2D eigenvalue weighted by molar-refractivity contribution is 0.627. The Bertz CT molecular complexity index is 1090. The topological polar surface area (TPSA) is 34.9 Å². The molecule has 26 heavy (non-hydrogen) atoms. The van der Waals surface area contributed by atoms with Gasteiger partial charge in [-0.2, -0.15) is 0 Å². The minimum Gasteiger partial charge on any atom is -0.282 e. The van der Waals surface area contributed by atoms with E-state index in [1.807, 2.05) is 41.8 Å². The molecule has 0 aliphatic rings. The van der Waals surface area contributed by atoms with E-state index in [4.69, 9.17) is 4.98 Å². The minimum absolute atomic E-state index is 0.0365. The maximum atomic E-state index is 13.1. The molecule has 0 spiro atoms. The SMILES string of the molecule is O=c1c2ccccc2nc(SCc2ccc(F)cc2)n1Cc1cccs1. The highest BCUT2D eigenvalue weighted by Crippen LogP contribution is 2.23.